The minimum absolute atomic E-state index is 0.0465. The van der Waals surface area contributed by atoms with Crippen molar-refractivity contribution in [3.63, 3.8) is 0 Å². The first-order valence-electron chi connectivity index (χ1n) is 9.33. The molecule has 0 fully saturated rings. The quantitative estimate of drug-likeness (QED) is 0.319. The summed E-state index contributed by atoms with van der Waals surface area (Å²) in [5, 5.41) is 10.8. The Morgan fingerprint density at radius 1 is 1.23 bits per heavy atom. The Labute approximate surface area is 186 Å². The number of para-hydroxylation sites is 2. The van der Waals surface area contributed by atoms with Crippen LogP contribution in [0, 0.1) is 0 Å². The Hall–Kier alpha value is -3.31. The lowest BCUT2D eigenvalue weighted by molar-refractivity contribution is -0.119. The average Bonchev–Trinajstić information content (AvgIpc) is 3.46. The van der Waals surface area contributed by atoms with E-state index in [0.29, 0.717) is 40.5 Å². The first kappa shape index (κ1) is 20.9. The summed E-state index contributed by atoms with van der Waals surface area (Å²) in [6, 6.07) is 10.9. The van der Waals surface area contributed by atoms with E-state index in [4.69, 9.17) is 9.47 Å². The molecule has 0 radical (unpaired) electrons. The number of thiophene rings is 1. The van der Waals surface area contributed by atoms with Crippen molar-refractivity contribution < 1.29 is 19.1 Å². The molecule has 0 saturated heterocycles. The molecule has 11 heteroatoms. The van der Waals surface area contributed by atoms with Crippen LogP contribution in [-0.4, -0.2) is 38.9 Å². The normalized spacial score (nSPS) is 14.6. The highest BCUT2D eigenvalue weighted by Crippen LogP contribution is 2.36. The number of ether oxygens (including phenoxy) is 2. The lowest BCUT2D eigenvalue weighted by Crippen LogP contribution is -2.42. The largest absolute Gasteiger partial charge is 0.485 e. The highest BCUT2D eigenvalue weighted by molar-refractivity contribution is 7.99. The number of hydrazine groups is 1. The topological polar surface area (TPSA) is 107 Å². The van der Waals surface area contributed by atoms with Gasteiger partial charge in [-0.15, -0.1) is 28.1 Å². The van der Waals surface area contributed by atoms with Crippen LogP contribution in [-0.2, 0) is 11.3 Å². The van der Waals surface area contributed by atoms with Crippen molar-refractivity contribution in [3.05, 3.63) is 65.1 Å². The van der Waals surface area contributed by atoms with Gasteiger partial charge in [0, 0.05) is 6.54 Å². The van der Waals surface area contributed by atoms with E-state index in [1.54, 1.807) is 23.6 Å². The molecule has 1 atom stereocenters. The van der Waals surface area contributed by atoms with Gasteiger partial charge >= 0.3 is 0 Å². The molecule has 0 aliphatic carbocycles. The molecular weight excluding hydrogens is 438 g/mol. The molecule has 31 heavy (non-hydrogen) atoms. The Morgan fingerprint density at radius 3 is 2.84 bits per heavy atom. The Morgan fingerprint density at radius 2 is 2.06 bits per heavy atom. The van der Waals surface area contributed by atoms with Gasteiger partial charge in [-0.1, -0.05) is 36.0 Å². The zero-order valence-electron chi connectivity index (χ0n) is 16.3. The molecule has 0 spiro atoms. The van der Waals surface area contributed by atoms with Crippen molar-refractivity contribution in [2.75, 3.05) is 12.4 Å². The van der Waals surface area contributed by atoms with Crippen LogP contribution in [0.1, 0.15) is 21.6 Å². The summed E-state index contributed by atoms with van der Waals surface area (Å²) in [5.41, 5.74) is 4.79. The molecule has 1 aromatic carbocycles. The number of nitrogens with one attached hydrogen (secondary N) is 2. The number of hydrogen-bond donors (Lipinski definition) is 2. The Bertz CT molecular complexity index is 1080. The predicted molar refractivity (Wildman–Crippen MR) is 116 cm³/mol. The number of thioether (sulfide) groups is 1. The maximum Gasteiger partial charge on any atom is 0.279 e. The van der Waals surface area contributed by atoms with E-state index in [-0.39, 0.29) is 17.6 Å². The van der Waals surface area contributed by atoms with Crippen LogP contribution in [0.25, 0.3) is 0 Å². The van der Waals surface area contributed by atoms with E-state index in [1.165, 1.54) is 23.1 Å². The molecular formula is C20H19N5O4S2. The van der Waals surface area contributed by atoms with Gasteiger partial charge < -0.3 is 9.47 Å². The van der Waals surface area contributed by atoms with Gasteiger partial charge in [0.1, 0.15) is 6.61 Å². The smallest absolute Gasteiger partial charge is 0.279 e. The third-order valence-corrected chi connectivity index (χ3v) is 6.08. The van der Waals surface area contributed by atoms with Crippen molar-refractivity contribution in [2.45, 2.75) is 17.8 Å². The highest BCUT2D eigenvalue weighted by Gasteiger charge is 2.28. The zero-order valence-corrected chi connectivity index (χ0v) is 17.9. The molecule has 3 heterocycles. The van der Waals surface area contributed by atoms with Gasteiger partial charge in [0.2, 0.25) is 5.91 Å². The molecule has 1 aliphatic heterocycles. The summed E-state index contributed by atoms with van der Waals surface area (Å²) in [6.07, 6.45) is 1.28. The molecule has 2 amide bonds. The van der Waals surface area contributed by atoms with Gasteiger partial charge in [-0.05, 0) is 23.6 Å². The minimum Gasteiger partial charge on any atom is -0.485 e. The first-order chi connectivity index (χ1) is 15.2. The SMILES string of the molecule is C=CCn1c(SCC(=O)NNC(=O)c2cccs2)nnc1C1COc2ccccc2O1. The number of rotatable bonds is 7. The number of hydrogen-bond acceptors (Lipinski definition) is 8. The third kappa shape index (κ3) is 4.89. The second-order valence-corrected chi connectivity index (χ2v) is 8.26. The van der Waals surface area contributed by atoms with Crippen molar-refractivity contribution in [2.24, 2.45) is 0 Å². The van der Waals surface area contributed by atoms with Crippen LogP contribution in [0.15, 0.2) is 59.6 Å². The van der Waals surface area contributed by atoms with Gasteiger partial charge in [-0.3, -0.25) is 25.0 Å². The van der Waals surface area contributed by atoms with Crippen molar-refractivity contribution in [1.29, 1.82) is 0 Å². The molecule has 3 aromatic rings. The fourth-order valence-electron chi connectivity index (χ4n) is 2.85. The van der Waals surface area contributed by atoms with E-state index in [2.05, 4.69) is 27.6 Å². The summed E-state index contributed by atoms with van der Waals surface area (Å²) >= 11 is 2.49. The van der Waals surface area contributed by atoms with E-state index in [0.717, 1.165) is 0 Å². The monoisotopic (exact) mass is 457 g/mol. The van der Waals surface area contributed by atoms with Crippen LogP contribution in [0.2, 0.25) is 0 Å². The van der Waals surface area contributed by atoms with Crippen LogP contribution >= 0.6 is 23.1 Å². The number of fused-ring (bicyclic) bond motifs is 1. The average molecular weight is 458 g/mol. The van der Waals surface area contributed by atoms with Gasteiger partial charge in [0.25, 0.3) is 5.91 Å². The Kier molecular flexibility index (Phi) is 6.53. The molecule has 1 aliphatic rings. The molecule has 4 rings (SSSR count). The lowest BCUT2D eigenvalue weighted by atomic mass is 10.2. The van der Waals surface area contributed by atoms with Crippen LogP contribution in [0.4, 0.5) is 0 Å². The number of carbonyl (C=O) groups is 2. The van der Waals surface area contributed by atoms with Crippen molar-refractivity contribution in [3.8, 4) is 11.5 Å². The maximum atomic E-state index is 12.1. The maximum absolute atomic E-state index is 12.1. The molecule has 160 valence electrons. The van der Waals surface area contributed by atoms with Crippen LogP contribution < -0.4 is 20.3 Å². The van der Waals surface area contributed by atoms with E-state index >= 15 is 0 Å². The third-order valence-electron chi connectivity index (χ3n) is 4.25. The number of aromatic nitrogens is 3. The van der Waals surface area contributed by atoms with Crippen LogP contribution in [0.5, 0.6) is 11.5 Å². The molecule has 9 nitrogen and oxygen atoms in total. The van der Waals surface area contributed by atoms with E-state index in [1.807, 2.05) is 28.8 Å². The number of amides is 2. The molecule has 2 N–H and O–H groups in total. The minimum atomic E-state index is -0.435. The first-order valence-corrected chi connectivity index (χ1v) is 11.2. The fourth-order valence-corrected chi connectivity index (χ4v) is 4.23. The standard InChI is InChI=1S/C20H19N5O4S2/c1-2-9-25-18(15-11-28-13-6-3-4-7-14(13)29-15)22-24-20(25)31-12-17(26)21-23-19(27)16-8-5-10-30-16/h2-8,10,15H,1,9,11-12H2,(H,21,26)(H,23,27). The van der Waals surface area contributed by atoms with E-state index in [9.17, 15) is 9.59 Å². The van der Waals surface area contributed by atoms with Crippen LogP contribution in [0.3, 0.4) is 0 Å². The predicted octanol–water partition coefficient (Wildman–Crippen LogP) is 2.59. The highest BCUT2D eigenvalue weighted by atomic mass is 32.2. The molecule has 2 aromatic heterocycles. The lowest BCUT2D eigenvalue weighted by Gasteiger charge is -2.26. The summed E-state index contributed by atoms with van der Waals surface area (Å²) in [4.78, 5) is 24.6. The van der Waals surface area contributed by atoms with Gasteiger partial charge in [0.15, 0.2) is 28.6 Å². The van der Waals surface area contributed by atoms with Gasteiger partial charge in [-0.2, -0.15) is 0 Å². The fraction of sp³-hybridized carbons (Fsp3) is 0.200. The second kappa shape index (κ2) is 9.67. The molecule has 0 bridgehead atoms. The summed E-state index contributed by atoms with van der Waals surface area (Å²) < 4.78 is 13.6. The summed E-state index contributed by atoms with van der Waals surface area (Å²) in [7, 11) is 0. The summed E-state index contributed by atoms with van der Waals surface area (Å²) in [5.74, 6) is 1.23. The summed E-state index contributed by atoms with van der Waals surface area (Å²) in [6.45, 7) is 4.53. The second-order valence-electron chi connectivity index (χ2n) is 6.37. The molecule has 1 unspecified atom stereocenters. The van der Waals surface area contributed by atoms with Gasteiger partial charge in [0.05, 0.1) is 10.6 Å². The number of nitrogens with zero attached hydrogens (tertiary/aromatic N) is 3. The molecule has 0 saturated carbocycles. The van der Waals surface area contributed by atoms with E-state index < -0.39 is 6.10 Å². The van der Waals surface area contributed by atoms with Gasteiger partial charge in [-0.25, -0.2) is 0 Å². The van der Waals surface area contributed by atoms with Crippen molar-refractivity contribution in [1.82, 2.24) is 25.6 Å². The number of carbonyl (C=O) groups excluding carboxylic acids is 2. The Balaban J connectivity index is 1.38. The number of benzene rings is 1. The number of allylic oxidation sites excluding steroid dienone is 1. The zero-order chi connectivity index (χ0) is 21.6. The van der Waals surface area contributed by atoms with Crippen molar-refractivity contribution >= 4 is 34.9 Å².